The SMILES string of the molecule is C[N+]1(CCc2ncccn2)CCC[C@@H](OC(=O)C(O)(c2ccccc2)c2ccccc2)C1. The average Bonchev–Trinajstić information content (AvgIpc) is 2.84. The van der Waals surface area contributed by atoms with Gasteiger partial charge >= 0.3 is 5.97 Å². The number of carbonyl (C=O) groups is 1. The molecular formula is C26H30N3O3+. The number of nitrogens with zero attached hydrogens (tertiary/aromatic N) is 3. The van der Waals surface area contributed by atoms with Crippen LogP contribution >= 0.6 is 0 Å². The summed E-state index contributed by atoms with van der Waals surface area (Å²) in [7, 11) is 2.18. The summed E-state index contributed by atoms with van der Waals surface area (Å²) >= 11 is 0. The van der Waals surface area contributed by atoms with Crippen LogP contribution in [-0.2, 0) is 21.6 Å². The number of aliphatic hydroxyl groups is 1. The number of benzene rings is 2. The van der Waals surface area contributed by atoms with Crippen molar-refractivity contribution in [3.8, 4) is 0 Å². The first kappa shape index (κ1) is 22.1. The fourth-order valence-corrected chi connectivity index (χ4v) is 4.50. The van der Waals surface area contributed by atoms with Gasteiger partial charge in [0.25, 0.3) is 0 Å². The average molecular weight is 433 g/mol. The van der Waals surface area contributed by atoms with E-state index in [4.69, 9.17) is 4.74 Å². The van der Waals surface area contributed by atoms with Gasteiger partial charge in [0, 0.05) is 18.8 Å². The Balaban J connectivity index is 1.49. The van der Waals surface area contributed by atoms with E-state index >= 15 is 0 Å². The molecule has 1 fully saturated rings. The lowest BCUT2D eigenvalue weighted by Crippen LogP contribution is -2.55. The van der Waals surface area contributed by atoms with Crippen molar-refractivity contribution >= 4 is 5.97 Å². The smallest absolute Gasteiger partial charge is 0.348 e. The third-order valence-electron chi connectivity index (χ3n) is 6.32. The zero-order valence-corrected chi connectivity index (χ0v) is 18.4. The second kappa shape index (κ2) is 9.59. The molecule has 0 radical (unpaired) electrons. The Morgan fingerprint density at radius 2 is 1.62 bits per heavy atom. The minimum absolute atomic E-state index is 0.253. The van der Waals surface area contributed by atoms with E-state index in [0.717, 1.165) is 42.7 Å². The van der Waals surface area contributed by atoms with E-state index in [1.807, 2.05) is 42.5 Å². The molecule has 1 unspecified atom stereocenters. The summed E-state index contributed by atoms with van der Waals surface area (Å²) < 4.78 is 6.76. The topological polar surface area (TPSA) is 72.3 Å². The standard InChI is InChI=1S/C26H30N3O3/c1-29(19-15-24-27-16-9-17-28-24)18-8-14-23(20-29)32-25(30)26(31,21-10-4-2-5-11-21)22-12-6-3-7-13-22/h2-7,9-13,16-17,23,31H,8,14-15,18-20H2,1H3/q+1/t23-,29?/m1/s1. The molecule has 1 aliphatic heterocycles. The maximum Gasteiger partial charge on any atom is 0.348 e. The highest BCUT2D eigenvalue weighted by Gasteiger charge is 2.44. The van der Waals surface area contributed by atoms with Crippen LogP contribution in [0.25, 0.3) is 0 Å². The molecule has 0 amide bonds. The van der Waals surface area contributed by atoms with Gasteiger partial charge in [0.1, 0.15) is 12.4 Å². The fourth-order valence-electron chi connectivity index (χ4n) is 4.50. The summed E-state index contributed by atoms with van der Waals surface area (Å²) in [5, 5.41) is 11.6. The Morgan fingerprint density at radius 1 is 1.03 bits per heavy atom. The lowest BCUT2D eigenvalue weighted by molar-refractivity contribution is -0.916. The van der Waals surface area contributed by atoms with Gasteiger partial charge < -0.3 is 14.3 Å². The number of quaternary nitrogens is 1. The summed E-state index contributed by atoms with van der Waals surface area (Å²) in [4.78, 5) is 22.1. The van der Waals surface area contributed by atoms with E-state index in [-0.39, 0.29) is 6.10 Å². The number of esters is 1. The maximum absolute atomic E-state index is 13.4. The quantitative estimate of drug-likeness (QED) is 0.459. The lowest BCUT2D eigenvalue weighted by atomic mass is 9.86. The monoisotopic (exact) mass is 432 g/mol. The van der Waals surface area contributed by atoms with Crippen molar-refractivity contribution in [2.45, 2.75) is 31.0 Å². The molecule has 0 aliphatic carbocycles. The van der Waals surface area contributed by atoms with Gasteiger partial charge in [-0.2, -0.15) is 0 Å². The molecule has 32 heavy (non-hydrogen) atoms. The summed E-state index contributed by atoms with van der Waals surface area (Å²) in [6, 6.07) is 19.8. The minimum atomic E-state index is -1.85. The molecule has 1 saturated heterocycles. The number of ether oxygens (including phenoxy) is 1. The van der Waals surface area contributed by atoms with Crippen LogP contribution in [0.5, 0.6) is 0 Å². The Kier molecular flexibility index (Phi) is 6.63. The number of aromatic nitrogens is 2. The van der Waals surface area contributed by atoms with E-state index in [1.54, 1.807) is 36.7 Å². The molecular weight excluding hydrogens is 402 g/mol. The molecule has 0 bridgehead atoms. The van der Waals surface area contributed by atoms with E-state index in [1.165, 1.54) is 0 Å². The molecule has 166 valence electrons. The molecule has 1 N–H and O–H groups in total. The Labute approximate surface area is 189 Å². The minimum Gasteiger partial charge on any atom is -0.454 e. The number of hydrogen-bond acceptors (Lipinski definition) is 5. The molecule has 2 heterocycles. The molecule has 2 aromatic carbocycles. The van der Waals surface area contributed by atoms with Gasteiger partial charge in [0.05, 0.1) is 26.6 Å². The van der Waals surface area contributed by atoms with E-state index in [2.05, 4.69) is 17.0 Å². The summed E-state index contributed by atoms with van der Waals surface area (Å²) in [5.41, 5.74) is -0.836. The molecule has 6 heteroatoms. The molecule has 1 aromatic heterocycles. The zero-order chi connectivity index (χ0) is 22.4. The van der Waals surface area contributed by atoms with Crippen LogP contribution in [0.4, 0.5) is 0 Å². The lowest BCUT2D eigenvalue weighted by Gasteiger charge is -2.41. The number of carbonyl (C=O) groups excluding carboxylic acids is 1. The van der Waals surface area contributed by atoms with Crippen molar-refractivity contribution in [2.24, 2.45) is 0 Å². The maximum atomic E-state index is 13.4. The second-order valence-electron chi connectivity index (χ2n) is 8.78. The highest BCUT2D eigenvalue weighted by molar-refractivity contribution is 5.85. The van der Waals surface area contributed by atoms with Gasteiger partial charge in [0.15, 0.2) is 6.10 Å². The number of likely N-dealkylation sites (N-methyl/N-ethyl adjacent to an activating group) is 1. The molecule has 6 nitrogen and oxygen atoms in total. The number of piperidine rings is 1. The van der Waals surface area contributed by atoms with Gasteiger partial charge in [0.2, 0.25) is 5.60 Å². The first-order valence-electron chi connectivity index (χ1n) is 11.1. The predicted octanol–water partition coefficient (Wildman–Crippen LogP) is 3.11. The Morgan fingerprint density at radius 3 is 2.22 bits per heavy atom. The number of rotatable bonds is 7. The third-order valence-corrected chi connectivity index (χ3v) is 6.32. The van der Waals surface area contributed by atoms with E-state index < -0.39 is 11.6 Å². The van der Waals surface area contributed by atoms with Crippen molar-refractivity contribution in [1.29, 1.82) is 0 Å². The molecule has 2 atom stereocenters. The van der Waals surface area contributed by atoms with E-state index in [0.29, 0.717) is 17.7 Å². The van der Waals surface area contributed by atoms with Crippen LogP contribution in [0.15, 0.2) is 79.1 Å². The number of hydrogen-bond donors (Lipinski definition) is 1. The highest BCUT2D eigenvalue weighted by Crippen LogP contribution is 2.32. The third kappa shape index (κ3) is 4.87. The molecule has 0 saturated carbocycles. The summed E-state index contributed by atoms with van der Waals surface area (Å²) in [6.45, 7) is 2.60. The van der Waals surface area contributed by atoms with Crippen LogP contribution in [0.1, 0.15) is 29.8 Å². The van der Waals surface area contributed by atoms with Crippen molar-refractivity contribution in [2.75, 3.05) is 26.7 Å². The summed E-state index contributed by atoms with van der Waals surface area (Å²) in [6.07, 6.45) is 5.79. The molecule has 3 aromatic rings. The number of likely N-dealkylation sites (tertiary alicyclic amines) is 1. The van der Waals surface area contributed by atoms with Gasteiger partial charge in [-0.05, 0) is 23.6 Å². The Bertz CT molecular complexity index is 975. The second-order valence-corrected chi connectivity index (χ2v) is 8.78. The van der Waals surface area contributed by atoms with Gasteiger partial charge in [-0.1, -0.05) is 60.7 Å². The van der Waals surface area contributed by atoms with E-state index in [9.17, 15) is 9.90 Å². The van der Waals surface area contributed by atoms with Crippen LogP contribution in [0, 0.1) is 0 Å². The van der Waals surface area contributed by atoms with Crippen molar-refractivity contribution < 1.29 is 19.1 Å². The van der Waals surface area contributed by atoms with Crippen molar-refractivity contribution in [3.63, 3.8) is 0 Å². The van der Waals surface area contributed by atoms with Crippen LogP contribution in [-0.4, -0.2) is 58.3 Å². The van der Waals surface area contributed by atoms with Gasteiger partial charge in [-0.15, -0.1) is 0 Å². The highest BCUT2D eigenvalue weighted by atomic mass is 16.6. The predicted molar refractivity (Wildman–Crippen MR) is 122 cm³/mol. The molecule has 0 spiro atoms. The molecule has 1 aliphatic rings. The Hall–Kier alpha value is -3.09. The normalized spacial score (nSPS) is 21.1. The van der Waals surface area contributed by atoms with Gasteiger partial charge in [-0.25, -0.2) is 14.8 Å². The van der Waals surface area contributed by atoms with Crippen LogP contribution < -0.4 is 0 Å². The van der Waals surface area contributed by atoms with Crippen molar-refractivity contribution in [1.82, 2.24) is 9.97 Å². The van der Waals surface area contributed by atoms with Crippen LogP contribution in [0.2, 0.25) is 0 Å². The first-order valence-corrected chi connectivity index (χ1v) is 11.1. The largest absolute Gasteiger partial charge is 0.454 e. The van der Waals surface area contributed by atoms with Gasteiger partial charge in [-0.3, -0.25) is 0 Å². The first-order chi connectivity index (χ1) is 15.5. The van der Waals surface area contributed by atoms with Crippen LogP contribution in [0.3, 0.4) is 0 Å². The van der Waals surface area contributed by atoms with Crippen molar-refractivity contribution in [3.05, 3.63) is 96.1 Å². The molecule has 4 rings (SSSR count). The fraction of sp³-hybridized carbons (Fsp3) is 0.346. The summed E-state index contributed by atoms with van der Waals surface area (Å²) in [5.74, 6) is 0.202. The zero-order valence-electron chi connectivity index (χ0n) is 18.4.